The molecule has 0 bridgehead atoms. The molecule has 0 aliphatic heterocycles. The van der Waals surface area contributed by atoms with Gasteiger partial charge in [0, 0.05) is 0 Å². The van der Waals surface area contributed by atoms with E-state index in [1.807, 2.05) is 0 Å². The van der Waals surface area contributed by atoms with Gasteiger partial charge in [0.15, 0.2) is 0 Å². The van der Waals surface area contributed by atoms with Crippen molar-refractivity contribution in [2.24, 2.45) is 17.2 Å². The average Bonchev–Trinajstić information content (AvgIpc) is 2.57. The molecule has 0 aromatic carbocycles. The van der Waals surface area contributed by atoms with Gasteiger partial charge in [0.2, 0.25) is 6.41 Å². The SMILES string of the molecule is NCCCCC(COC(=O)NC(CCCCN)COC(N)=O)NC=O. The minimum Gasteiger partial charge on any atom is -0.448 e. The van der Waals surface area contributed by atoms with Crippen LogP contribution in [-0.2, 0) is 14.3 Å². The van der Waals surface area contributed by atoms with Crippen LogP contribution in [0.5, 0.6) is 0 Å². The van der Waals surface area contributed by atoms with E-state index in [0.29, 0.717) is 32.3 Å². The lowest BCUT2D eigenvalue weighted by atomic mass is 10.1. The molecule has 0 fully saturated rings. The fourth-order valence-electron chi connectivity index (χ4n) is 2.15. The van der Waals surface area contributed by atoms with Crippen LogP contribution in [0.15, 0.2) is 0 Å². The van der Waals surface area contributed by atoms with Crippen LogP contribution in [-0.4, -0.2) is 57.0 Å². The van der Waals surface area contributed by atoms with Crippen molar-refractivity contribution < 1.29 is 23.9 Å². The summed E-state index contributed by atoms with van der Waals surface area (Å²) in [4.78, 5) is 33.2. The predicted octanol–water partition coefficient (Wildman–Crippen LogP) is -0.451. The van der Waals surface area contributed by atoms with Crippen LogP contribution in [0.2, 0.25) is 0 Å². The molecule has 0 aliphatic carbocycles. The molecule has 2 unspecified atom stereocenters. The van der Waals surface area contributed by atoms with E-state index < -0.39 is 18.2 Å². The minimum atomic E-state index is -0.908. The van der Waals surface area contributed by atoms with Crippen LogP contribution < -0.4 is 27.8 Å². The number of amides is 3. The fourth-order valence-corrected chi connectivity index (χ4v) is 2.15. The molecule has 3 amide bonds. The lowest BCUT2D eigenvalue weighted by Crippen LogP contribution is -2.42. The van der Waals surface area contributed by atoms with E-state index in [0.717, 1.165) is 25.7 Å². The Morgan fingerprint density at radius 1 is 0.920 bits per heavy atom. The third-order valence-corrected chi connectivity index (χ3v) is 3.48. The number of nitrogens with two attached hydrogens (primary N) is 3. The lowest BCUT2D eigenvalue weighted by Gasteiger charge is -2.20. The molecule has 0 aliphatic rings. The van der Waals surface area contributed by atoms with Crippen molar-refractivity contribution in [2.75, 3.05) is 26.3 Å². The predicted molar refractivity (Wildman–Crippen MR) is 92.6 cm³/mol. The van der Waals surface area contributed by atoms with Crippen molar-refractivity contribution in [1.29, 1.82) is 0 Å². The third-order valence-electron chi connectivity index (χ3n) is 3.48. The number of rotatable bonds is 15. The zero-order chi connectivity index (χ0) is 18.9. The van der Waals surface area contributed by atoms with Gasteiger partial charge in [-0.3, -0.25) is 4.79 Å². The summed E-state index contributed by atoms with van der Waals surface area (Å²) in [6.45, 7) is 1.11. The largest absolute Gasteiger partial charge is 0.448 e. The van der Waals surface area contributed by atoms with Gasteiger partial charge in [0.1, 0.15) is 13.2 Å². The number of hydrogen-bond acceptors (Lipinski definition) is 7. The molecule has 0 saturated carbocycles. The molecule has 8 N–H and O–H groups in total. The Labute approximate surface area is 148 Å². The van der Waals surface area contributed by atoms with Gasteiger partial charge >= 0.3 is 12.2 Å². The number of unbranched alkanes of at least 4 members (excludes halogenated alkanes) is 2. The number of alkyl carbamates (subject to hydrolysis) is 1. The van der Waals surface area contributed by atoms with Crippen LogP contribution in [0.4, 0.5) is 9.59 Å². The standard InChI is InChI=1S/C15H31N5O5/c16-7-3-1-5-12(19-11-21)9-25-15(23)20-13(6-2-4-8-17)10-24-14(18)22/h11-13H,1-10,16-17H2,(H2,18,22)(H,19,21)(H,20,23). The molecule has 2 atom stereocenters. The van der Waals surface area contributed by atoms with E-state index in [4.69, 9.17) is 26.7 Å². The molecular formula is C15H31N5O5. The van der Waals surface area contributed by atoms with Gasteiger partial charge in [0.25, 0.3) is 0 Å². The van der Waals surface area contributed by atoms with Gasteiger partial charge in [-0.15, -0.1) is 0 Å². The van der Waals surface area contributed by atoms with Crippen LogP contribution >= 0.6 is 0 Å². The first kappa shape index (κ1) is 22.9. The number of carbonyl (C=O) groups excluding carboxylic acids is 3. The fraction of sp³-hybridized carbons (Fsp3) is 0.800. The molecular weight excluding hydrogens is 330 g/mol. The summed E-state index contributed by atoms with van der Waals surface area (Å²) in [5.41, 5.74) is 15.8. The highest BCUT2D eigenvalue weighted by Gasteiger charge is 2.16. The summed E-state index contributed by atoms with van der Waals surface area (Å²) in [6, 6.07) is -0.686. The normalized spacial score (nSPS) is 12.7. The molecule has 25 heavy (non-hydrogen) atoms. The first-order chi connectivity index (χ1) is 12.0. The molecule has 0 rings (SSSR count). The summed E-state index contributed by atoms with van der Waals surface area (Å²) in [5.74, 6) is 0. The minimum absolute atomic E-state index is 0.0402. The molecule has 146 valence electrons. The number of hydrogen-bond donors (Lipinski definition) is 5. The first-order valence-electron chi connectivity index (χ1n) is 8.48. The Morgan fingerprint density at radius 2 is 1.48 bits per heavy atom. The Morgan fingerprint density at radius 3 is 2.00 bits per heavy atom. The maximum absolute atomic E-state index is 11.9. The van der Waals surface area contributed by atoms with Crippen molar-refractivity contribution in [1.82, 2.24) is 10.6 Å². The summed E-state index contributed by atoms with van der Waals surface area (Å²) in [5, 5.41) is 5.23. The molecule has 0 aromatic rings. The average molecular weight is 361 g/mol. The molecule has 0 spiro atoms. The third kappa shape index (κ3) is 14.0. The summed E-state index contributed by atoms with van der Waals surface area (Å²) < 4.78 is 9.86. The van der Waals surface area contributed by atoms with Crippen molar-refractivity contribution in [3.05, 3.63) is 0 Å². The number of nitrogens with one attached hydrogen (secondary N) is 2. The zero-order valence-corrected chi connectivity index (χ0v) is 14.6. The smallest absolute Gasteiger partial charge is 0.407 e. The lowest BCUT2D eigenvalue weighted by molar-refractivity contribution is -0.110. The van der Waals surface area contributed by atoms with Crippen LogP contribution in [0.25, 0.3) is 0 Å². The second-order valence-electron chi connectivity index (χ2n) is 5.62. The summed E-state index contributed by atoms with van der Waals surface area (Å²) in [7, 11) is 0. The van der Waals surface area contributed by atoms with Gasteiger partial charge in [0.05, 0.1) is 12.1 Å². The highest BCUT2D eigenvalue weighted by atomic mass is 16.6. The Bertz CT molecular complexity index is 383. The highest BCUT2D eigenvalue weighted by molar-refractivity contribution is 5.68. The maximum Gasteiger partial charge on any atom is 0.407 e. The Kier molecular flexibility index (Phi) is 14.2. The van der Waals surface area contributed by atoms with Gasteiger partial charge in [-0.1, -0.05) is 12.8 Å². The van der Waals surface area contributed by atoms with Crippen LogP contribution in [0.1, 0.15) is 38.5 Å². The molecule has 0 saturated heterocycles. The van der Waals surface area contributed by atoms with E-state index in [1.54, 1.807) is 0 Å². The van der Waals surface area contributed by atoms with Gasteiger partial charge in [-0.2, -0.15) is 0 Å². The number of ether oxygens (including phenoxy) is 2. The quantitative estimate of drug-likeness (QED) is 0.194. The molecule has 0 heterocycles. The molecule has 0 aromatic heterocycles. The van der Waals surface area contributed by atoms with E-state index in [-0.39, 0.29) is 19.3 Å². The second-order valence-corrected chi connectivity index (χ2v) is 5.62. The van der Waals surface area contributed by atoms with Crippen molar-refractivity contribution in [3.8, 4) is 0 Å². The monoisotopic (exact) mass is 361 g/mol. The van der Waals surface area contributed by atoms with Crippen LogP contribution in [0.3, 0.4) is 0 Å². The van der Waals surface area contributed by atoms with Crippen molar-refractivity contribution in [3.63, 3.8) is 0 Å². The zero-order valence-electron chi connectivity index (χ0n) is 14.6. The van der Waals surface area contributed by atoms with Crippen LogP contribution in [0, 0.1) is 0 Å². The first-order valence-corrected chi connectivity index (χ1v) is 8.48. The molecule has 0 radical (unpaired) electrons. The summed E-state index contributed by atoms with van der Waals surface area (Å²) in [6.07, 6.45) is 3.45. The van der Waals surface area contributed by atoms with Crippen molar-refractivity contribution in [2.45, 2.75) is 50.6 Å². The second kappa shape index (κ2) is 15.5. The van der Waals surface area contributed by atoms with E-state index >= 15 is 0 Å². The topological polar surface area (TPSA) is 172 Å². The maximum atomic E-state index is 11.9. The number of carbonyl (C=O) groups is 3. The Balaban J connectivity index is 4.29. The van der Waals surface area contributed by atoms with E-state index in [1.165, 1.54) is 0 Å². The molecule has 10 heteroatoms. The van der Waals surface area contributed by atoms with Gasteiger partial charge in [-0.25, -0.2) is 9.59 Å². The number of primary amides is 1. The molecule has 10 nitrogen and oxygen atoms in total. The Hall–Kier alpha value is -2.07. The van der Waals surface area contributed by atoms with E-state index in [9.17, 15) is 14.4 Å². The van der Waals surface area contributed by atoms with Gasteiger partial charge < -0.3 is 37.3 Å². The highest BCUT2D eigenvalue weighted by Crippen LogP contribution is 2.04. The van der Waals surface area contributed by atoms with Crippen molar-refractivity contribution >= 4 is 18.6 Å². The van der Waals surface area contributed by atoms with Gasteiger partial charge in [-0.05, 0) is 38.8 Å². The van der Waals surface area contributed by atoms with E-state index in [2.05, 4.69) is 10.6 Å². The summed E-state index contributed by atoms with van der Waals surface area (Å²) >= 11 is 0.